The van der Waals surface area contributed by atoms with E-state index in [4.69, 9.17) is 33.2 Å². The molecule has 0 heterocycles. The summed E-state index contributed by atoms with van der Waals surface area (Å²) >= 11 is 16.9. The third-order valence-corrected chi connectivity index (χ3v) is 3.03. The van der Waals surface area contributed by atoms with E-state index in [-0.39, 0.29) is 0 Å². The molecule has 4 heteroatoms. The first-order chi connectivity index (χ1) is 5.06. The van der Waals surface area contributed by atoms with E-state index in [1.807, 2.05) is 6.08 Å². The van der Waals surface area contributed by atoms with Gasteiger partial charge in [0, 0.05) is 0 Å². The molecule has 0 N–H and O–H groups in total. The second kappa shape index (κ2) is 6.35. The zero-order chi connectivity index (χ0) is 8.74. The van der Waals surface area contributed by atoms with Crippen LogP contribution in [0.15, 0.2) is 11.8 Å². The maximum atomic E-state index is 5.63. The first-order valence-corrected chi connectivity index (χ1v) is 8.92. The second-order valence-electron chi connectivity index (χ2n) is 2.44. The van der Waals surface area contributed by atoms with Gasteiger partial charge in [0.05, 0.1) is 0 Å². The van der Waals surface area contributed by atoms with Gasteiger partial charge in [-0.15, -0.1) is 33.2 Å². The number of allylic oxidation sites excluding steroid dienone is 1. The number of hydrogen-bond donors (Lipinski definition) is 0. The molecule has 0 fully saturated rings. The van der Waals surface area contributed by atoms with Gasteiger partial charge in [0.2, 0.25) is 0 Å². The predicted molar refractivity (Wildman–Crippen MR) is 56.6 cm³/mol. The molecule has 0 radical (unpaired) electrons. The van der Waals surface area contributed by atoms with Crippen LogP contribution in [0.4, 0.5) is 0 Å². The van der Waals surface area contributed by atoms with Crippen LogP contribution in [0.2, 0.25) is 0 Å². The maximum Gasteiger partial charge on any atom is 0.365 e. The van der Waals surface area contributed by atoms with Gasteiger partial charge in [-0.1, -0.05) is 31.5 Å². The van der Waals surface area contributed by atoms with Crippen LogP contribution in [-0.4, -0.2) is 6.00 Å². The van der Waals surface area contributed by atoms with Crippen molar-refractivity contribution in [2.24, 2.45) is 0 Å². The summed E-state index contributed by atoms with van der Waals surface area (Å²) in [7, 11) is 0. The van der Waals surface area contributed by atoms with Gasteiger partial charge in [-0.05, 0) is 12.8 Å². The molecule has 66 valence electrons. The van der Waals surface area contributed by atoms with Gasteiger partial charge >= 0.3 is 6.00 Å². The standard InChI is InChI=1S/C7H13Cl3Si/c1-2-3-4-5-6-7-11(8,9)10/h6-7H,2-5H2,1H3/b7-6-. The molecule has 0 aromatic heterocycles. The molecule has 0 unspecified atom stereocenters. The van der Waals surface area contributed by atoms with Crippen molar-refractivity contribution >= 4 is 39.2 Å². The van der Waals surface area contributed by atoms with E-state index < -0.39 is 6.00 Å². The van der Waals surface area contributed by atoms with Crippen LogP contribution in [0.3, 0.4) is 0 Å². The summed E-state index contributed by atoms with van der Waals surface area (Å²) in [6, 6.07) is -2.48. The molecule has 0 aliphatic rings. The molecule has 0 aromatic carbocycles. The Labute approximate surface area is 83.6 Å². The van der Waals surface area contributed by atoms with E-state index >= 15 is 0 Å². The third kappa shape index (κ3) is 10.8. The molecule has 0 rings (SSSR count). The lowest BCUT2D eigenvalue weighted by atomic mass is 10.2. The minimum absolute atomic E-state index is 1.04. The van der Waals surface area contributed by atoms with E-state index in [9.17, 15) is 0 Å². The molecular weight excluding hydrogens is 219 g/mol. The first-order valence-electron chi connectivity index (χ1n) is 3.80. The van der Waals surface area contributed by atoms with Crippen LogP contribution in [-0.2, 0) is 0 Å². The smallest absolute Gasteiger partial charge is 0.121 e. The van der Waals surface area contributed by atoms with Gasteiger partial charge in [0.1, 0.15) is 0 Å². The van der Waals surface area contributed by atoms with Crippen molar-refractivity contribution in [3.63, 3.8) is 0 Å². The zero-order valence-corrected chi connectivity index (χ0v) is 9.88. The van der Waals surface area contributed by atoms with Crippen LogP contribution in [0.1, 0.15) is 32.6 Å². The molecule has 0 saturated heterocycles. The van der Waals surface area contributed by atoms with Crippen molar-refractivity contribution in [3.05, 3.63) is 11.8 Å². The number of halogens is 3. The van der Waals surface area contributed by atoms with Crippen LogP contribution < -0.4 is 0 Å². The lowest BCUT2D eigenvalue weighted by molar-refractivity contribution is 0.729. The molecule has 0 nitrogen and oxygen atoms in total. The summed E-state index contributed by atoms with van der Waals surface area (Å²) in [6.07, 6.45) is 6.70. The molecular formula is C7H13Cl3Si. The fraction of sp³-hybridized carbons (Fsp3) is 0.714. The number of unbranched alkanes of at least 4 members (excludes halogenated alkanes) is 3. The first kappa shape index (κ1) is 11.8. The largest absolute Gasteiger partial charge is 0.365 e. The SMILES string of the molecule is CCCCC/C=C\[Si](Cl)(Cl)Cl. The predicted octanol–water partition coefficient (Wildman–Crippen LogP) is 4.32. The highest BCUT2D eigenvalue weighted by Gasteiger charge is 2.19. The summed E-state index contributed by atoms with van der Waals surface area (Å²) in [5, 5.41) is 0. The summed E-state index contributed by atoms with van der Waals surface area (Å²) in [5.74, 6) is 0. The Kier molecular flexibility index (Phi) is 6.83. The average Bonchev–Trinajstić information content (AvgIpc) is 1.85. The molecule has 0 aromatic rings. The van der Waals surface area contributed by atoms with Crippen LogP contribution in [0.25, 0.3) is 0 Å². The fourth-order valence-corrected chi connectivity index (χ4v) is 1.96. The van der Waals surface area contributed by atoms with Gasteiger partial charge in [-0.3, -0.25) is 0 Å². The van der Waals surface area contributed by atoms with Crippen molar-refractivity contribution in [1.29, 1.82) is 0 Å². The van der Waals surface area contributed by atoms with Gasteiger partial charge in [-0.2, -0.15) is 0 Å². The van der Waals surface area contributed by atoms with Crippen molar-refractivity contribution in [2.75, 3.05) is 0 Å². The normalized spacial score (nSPS) is 12.7. The van der Waals surface area contributed by atoms with E-state index in [1.165, 1.54) is 19.3 Å². The lowest BCUT2D eigenvalue weighted by Crippen LogP contribution is -2.02. The van der Waals surface area contributed by atoms with Gasteiger partial charge < -0.3 is 0 Å². The van der Waals surface area contributed by atoms with E-state index in [2.05, 4.69) is 6.92 Å². The third-order valence-electron chi connectivity index (χ3n) is 1.28. The number of hydrogen-bond acceptors (Lipinski definition) is 0. The topological polar surface area (TPSA) is 0 Å². The molecule has 0 aliphatic heterocycles. The molecule has 0 bridgehead atoms. The highest BCUT2D eigenvalue weighted by molar-refractivity contribution is 7.66. The van der Waals surface area contributed by atoms with E-state index in [1.54, 1.807) is 5.70 Å². The Morgan fingerprint density at radius 1 is 1.18 bits per heavy atom. The Hall–Kier alpha value is 0.827. The molecule has 0 saturated carbocycles. The van der Waals surface area contributed by atoms with E-state index in [0.29, 0.717) is 0 Å². The molecule has 0 amide bonds. The van der Waals surface area contributed by atoms with E-state index in [0.717, 1.165) is 6.42 Å². The minimum atomic E-state index is -2.48. The highest BCUT2D eigenvalue weighted by Crippen LogP contribution is 2.21. The molecule has 11 heavy (non-hydrogen) atoms. The molecule has 0 aliphatic carbocycles. The summed E-state index contributed by atoms with van der Waals surface area (Å²) < 4.78 is 0. The van der Waals surface area contributed by atoms with Crippen molar-refractivity contribution in [3.8, 4) is 0 Å². The van der Waals surface area contributed by atoms with Crippen LogP contribution in [0, 0.1) is 0 Å². The van der Waals surface area contributed by atoms with Crippen LogP contribution in [0.5, 0.6) is 0 Å². The Bertz CT molecular complexity index is 117. The monoisotopic (exact) mass is 230 g/mol. The summed E-state index contributed by atoms with van der Waals surface area (Å²) in [6.45, 7) is 2.17. The van der Waals surface area contributed by atoms with Gasteiger partial charge in [-0.25, -0.2) is 0 Å². The minimum Gasteiger partial charge on any atom is -0.121 e. The quantitative estimate of drug-likeness (QED) is 0.376. The molecule has 0 spiro atoms. The Morgan fingerprint density at radius 3 is 2.27 bits per heavy atom. The zero-order valence-electron chi connectivity index (χ0n) is 6.62. The molecule has 0 atom stereocenters. The highest BCUT2D eigenvalue weighted by atomic mass is 35.8. The second-order valence-corrected chi connectivity index (χ2v) is 11.0. The lowest BCUT2D eigenvalue weighted by Gasteiger charge is -1.98. The van der Waals surface area contributed by atoms with Crippen molar-refractivity contribution < 1.29 is 0 Å². The maximum absolute atomic E-state index is 5.63. The van der Waals surface area contributed by atoms with Crippen molar-refractivity contribution in [1.82, 2.24) is 0 Å². The Morgan fingerprint density at radius 2 is 1.82 bits per heavy atom. The fourth-order valence-electron chi connectivity index (χ4n) is 0.729. The summed E-state index contributed by atoms with van der Waals surface area (Å²) in [4.78, 5) is 0. The van der Waals surface area contributed by atoms with Gasteiger partial charge in [0.15, 0.2) is 0 Å². The Balaban J connectivity index is 3.30. The van der Waals surface area contributed by atoms with Gasteiger partial charge in [0.25, 0.3) is 0 Å². The number of rotatable bonds is 5. The average molecular weight is 232 g/mol. The summed E-state index contributed by atoms with van der Waals surface area (Å²) in [5.41, 5.74) is 1.74. The van der Waals surface area contributed by atoms with Crippen LogP contribution >= 0.6 is 33.2 Å². The van der Waals surface area contributed by atoms with Crippen molar-refractivity contribution in [2.45, 2.75) is 32.6 Å².